The van der Waals surface area contributed by atoms with Gasteiger partial charge in [-0.1, -0.05) is 0 Å². The summed E-state index contributed by atoms with van der Waals surface area (Å²) in [6.45, 7) is 2.95. The van der Waals surface area contributed by atoms with Crippen molar-refractivity contribution in [3.8, 4) is 22.8 Å². The fourth-order valence-electron chi connectivity index (χ4n) is 2.51. The highest BCUT2D eigenvalue weighted by Crippen LogP contribution is 2.35. The molecule has 1 N–H and O–H groups in total. The Morgan fingerprint density at radius 2 is 2.04 bits per heavy atom. The monoisotopic (exact) mass is 368 g/mol. The second-order valence-corrected chi connectivity index (χ2v) is 6.53. The molecule has 0 saturated carbocycles. The Morgan fingerprint density at radius 3 is 2.85 bits per heavy atom. The number of amides is 1. The van der Waals surface area contributed by atoms with Gasteiger partial charge < -0.3 is 13.9 Å². The topological polar surface area (TPSA) is 73.6 Å². The van der Waals surface area contributed by atoms with Gasteiger partial charge in [-0.15, -0.1) is 11.3 Å². The first-order valence-electron chi connectivity index (χ1n) is 8.08. The molecule has 7 heteroatoms. The zero-order chi connectivity index (χ0) is 17.9. The maximum absolute atomic E-state index is 12.0. The lowest BCUT2D eigenvalue weighted by Crippen LogP contribution is -2.15. The number of furan rings is 1. The van der Waals surface area contributed by atoms with Crippen LogP contribution in [-0.4, -0.2) is 24.1 Å². The molecule has 0 atom stereocenters. The maximum Gasteiger partial charge on any atom is 0.250 e. The third-order valence-electron chi connectivity index (χ3n) is 3.73. The van der Waals surface area contributed by atoms with Crippen LogP contribution in [0, 0.1) is 6.92 Å². The Bertz CT molecular complexity index is 974. The number of hydrogen-bond acceptors (Lipinski definition) is 6. The molecule has 1 aliphatic rings. The van der Waals surface area contributed by atoms with Crippen LogP contribution in [0.5, 0.6) is 11.5 Å². The van der Waals surface area contributed by atoms with E-state index in [4.69, 9.17) is 13.9 Å². The van der Waals surface area contributed by atoms with Crippen molar-refractivity contribution in [2.24, 2.45) is 0 Å². The smallest absolute Gasteiger partial charge is 0.250 e. The van der Waals surface area contributed by atoms with Gasteiger partial charge in [-0.2, -0.15) is 0 Å². The van der Waals surface area contributed by atoms with Crippen molar-refractivity contribution in [2.45, 2.75) is 6.92 Å². The molecule has 0 bridgehead atoms. The molecule has 1 aromatic carbocycles. The lowest BCUT2D eigenvalue weighted by molar-refractivity contribution is -0.111. The van der Waals surface area contributed by atoms with Crippen molar-refractivity contribution in [2.75, 3.05) is 18.5 Å². The first-order chi connectivity index (χ1) is 12.7. The number of fused-ring (bicyclic) bond motifs is 1. The van der Waals surface area contributed by atoms with Gasteiger partial charge in [-0.05, 0) is 43.3 Å². The average molecular weight is 368 g/mol. The number of aromatic nitrogens is 1. The largest absolute Gasteiger partial charge is 0.486 e. The van der Waals surface area contributed by atoms with Gasteiger partial charge in [0.05, 0.1) is 5.69 Å². The van der Waals surface area contributed by atoms with Crippen LogP contribution < -0.4 is 14.8 Å². The SMILES string of the molecule is Cc1ccc(C=CC(=O)Nc2nc(-c3ccc4c(c3)OCCO4)cs2)o1. The van der Waals surface area contributed by atoms with Crippen LogP contribution >= 0.6 is 11.3 Å². The highest BCUT2D eigenvalue weighted by Gasteiger charge is 2.14. The van der Waals surface area contributed by atoms with Gasteiger partial charge in [0.1, 0.15) is 24.7 Å². The number of benzene rings is 1. The minimum atomic E-state index is -0.262. The fourth-order valence-corrected chi connectivity index (χ4v) is 3.24. The highest BCUT2D eigenvalue weighted by atomic mass is 32.1. The first kappa shape index (κ1) is 16.4. The molecule has 1 amide bonds. The molecule has 6 nitrogen and oxygen atoms in total. The van der Waals surface area contributed by atoms with E-state index in [0.717, 1.165) is 22.8 Å². The van der Waals surface area contributed by atoms with Gasteiger partial charge >= 0.3 is 0 Å². The zero-order valence-electron chi connectivity index (χ0n) is 14.0. The summed E-state index contributed by atoms with van der Waals surface area (Å²) in [6, 6.07) is 9.34. The molecule has 2 aromatic heterocycles. The number of thiazole rings is 1. The number of hydrogen-bond donors (Lipinski definition) is 1. The molecule has 0 radical (unpaired) electrons. The van der Waals surface area contributed by atoms with Crippen LogP contribution in [0.3, 0.4) is 0 Å². The van der Waals surface area contributed by atoms with Crippen LogP contribution in [-0.2, 0) is 4.79 Å². The standard InChI is InChI=1S/C19H16N2O4S/c1-12-2-4-14(25-12)5-7-18(22)21-19-20-15(11-26-19)13-3-6-16-17(10-13)24-9-8-23-16/h2-7,10-11H,8-9H2,1H3,(H,20,21,22). The third-order valence-corrected chi connectivity index (χ3v) is 4.49. The van der Waals surface area contributed by atoms with Crippen molar-refractivity contribution >= 4 is 28.5 Å². The summed E-state index contributed by atoms with van der Waals surface area (Å²) in [7, 11) is 0. The number of carbonyl (C=O) groups excluding carboxylic acids is 1. The van der Waals surface area contributed by atoms with Crippen LogP contribution in [0.25, 0.3) is 17.3 Å². The number of carbonyl (C=O) groups is 1. The van der Waals surface area contributed by atoms with E-state index in [1.807, 2.05) is 42.6 Å². The van der Waals surface area contributed by atoms with Crippen LogP contribution in [0.4, 0.5) is 5.13 Å². The van der Waals surface area contributed by atoms with E-state index in [2.05, 4.69) is 10.3 Å². The van der Waals surface area contributed by atoms with E-state index in [1.165, 1.54) is 17.4 Å². The molecule has 0 aliphatic carbocycles. The summed E-state index contributed by atoms with van der Waals surface area (Å²) in [6.07, 6.45) is 3.04. The highest BCUT2D eigenvalue weighted by molar-refractivity contribution is 7.14. The van der Waals surface area contributed by atoms with Crippen molar-refractivity contribution in [3.05, 3.63) is 53.3 Å². The lowest BCUT2D eigenvalue weighted by atomic mass is 10.1. The zero-order valence-corrected chi connectivity index (χ0v) is 14.8. The van der Waals surface area contributed by atoms with E-state index in [9.17, 15) is 4.79 Å². The average Bonchev–Trinajstić information content (AvgIpc) is 3.28. The summed E-state index contributed by atoms with van der Waals surface area (Å²) in [5.41, 5.74) is 1.68. The predicted octanol–water partition coefficient (Wildman–Crippen LogP) is 4.13. The number of aryl methyl sites for hydroxylation is 1. The van der Waals surface area contributed by atoms with E-state index in [-0.39, 0.29) is 5.91 Å². The van der Waals surface area contributed by atoms with Crippen LogP contribution in [0.2, 0.25) is 0 Å². The molecular weight excluding hydrogens is 352 g/mol. The summed E-state index contributed by atoms with van der Waals surface area (Å²) >= 11 is 1.36. The van der Waals surface area contributed by atoms with E-state index < -0.39 is 0 Å². The molecule has 3 aromatic rings. The van der Waals surface area contributed by atoms with E-state index in [1.54, 1.807) is 6.08 Å². The second kappa shape index (κ2) is 7.05. The second-order valence-electron chi connectivity index (χ2n) is 5.67. The number of ether oxygens (including phenoxy) is 2. The molecule has 4 rings (SSSR count). The van der Waals surface area contributed by atoms with E-state index in [0.29, 0.717) is 29.9 Å². The normalized spacial score (nSPS) is 13.1. The number of rotatable bonds is 4. The molecule has 0 spiro atoms. The molecular formula is C19H16N2O4S. The lowest BCUT2D eigenvalue weighted by Gasteiger charge is -2.18. The summed E-state index contributed by atoms with van der Waals surface area (Å²) in [4.78, 5) is 16.5. The minimum absolute atomic E-state index is 0.262. The Hall–Kier alpha value is -3.06. The predicted molar refractivity (Wildman–Crippen MR) is 99.6 cm³/mol. The molecule has 0 unspecified atom stereocenters. The summed E-state index contributed by atoms with van der Waals surface area (Å²) < 4.78 is 16.5. The van der Waals surface area contributed by atoms with Crippen LogP contribution in [0.1, 0.15) is 11.5 Å². The third kappa shape index (κ3) is 3.62. The van der Waals surface area contributed by atoms with Gasteiger partial charge in [0.25, 0.3) is 0 Å². The molecule has 0 fully saturated rings. The Labute approximate surface area is 154 Å². The minimum Gasteiger partial charge on any atom is -0.486 e. The summed E-state index contributed by atoms with van der Waals surface area (Å²) in [5, 5.41) is 5.17. The quantitative estimate of drug-likeness (QED) is 0.701. The van der Waals surface area contributed by atoms with Crippen molar-refractivity contribution in [1.29, 1.82) is 0 Å². The molecule has 1 aliphatic heterocycles. The summed E-state index contributed by atoms with van der Waals surface area (Å²) in [5.74, 6) is 2.62. The molecule has 26 heavy (non-hydrogen) atoms. The van der Waals surface area contributed by atoms with Gasteiger partial charge in [0.2, 0.25) is 5.91 Å². The van der Waals surface area contributed by atoms with E-state index >= 15 is 0 Å². The Kier molecular flexibility index (Phi) is 4.45. The molecule has 3 heterocycles. The van der Waals surface area contributed by atoms with Gasteiger partial charge in [0.15, 0.2) is 16.6 Å². The van der Waals surface area contributed by atoms with Crippen molar-refractivity contribution in [3.63, 3.8) is 0 Å². The maximum atomic E-state index is 12.0. The van der Waals surface area contributed by atoms with Crippen molar-refractivity contribution in [1.82, 2.24) is 4.98 Å². The van der Waals surface area contributed by atoms with Gasteiger partial charge in [-0.3, -0.25) is 10.1 Å². The van der Waals surface area contributed by atoms with Gasteiger partial charge in [0, 0.05) is 17.0 Å². The van der Waals surface area contributed by atoms with Crippen molar-refractivity contribution < 1.29 is 18.7 Å². The molecule has 0 saturated heterocycles. The Morgan fingerprint density at radius 1 is 1.19 bits per heavy atom. The fraction of sp³-hybridized carbons (Fsp3) is 0.158. The van der Waals surface area contributed by atoms with Gasteiger partial charge in [-0.25, -0.2) is 4.98 Å². The molecule has 132 valence electrons. The number of anilines is 1. The number of nitrogens with one attached hydrogen (secondary N) is 1. The van der Waals surface area contributed by atoms with Crippen LogP contribution in [0.15, 0.2) is 46.2 Å². The first-order valence-corrected chi connectivity index (χ1v) is 8.96. The Balaban J connectivity index is 1.44. The number of nitrogens with zero attached hydrogens (tertiary/aromatic N) is 1.